The van der Waals surface area contributed by atoms with Gasteiger partial charge >= 0.3 is 5.97 Å². The van der Waals surface area contributed by atoms with Crippen LogP contribution in [0.25, 0.3) is 6.08 Å². The highest BCUT2D eigenvalue weighted by Crippen LogP contribution is 2.34. The minimum atomic E-state index is -0.814. The second-order valence-corrected chi connectivity index (χ2v) is 3.83. The number of benzene rings is 1. The maximum absolute atomic E-state index is 11.5. The molecule has 0 aliphatic heterocycles. The van der Waals surface area contributed by atoms with E-state index in [9.17, 15) is 15.0 Å². The molecule has 0 saturated carbocycles. The topological polar surface area (TPSA) is 90.6 Å². The largest absolute Gasteiger partial charge is 0.504 e. The number of hydrogen-bond acceptors (Lipinski definition) is 5. The lowest BCUT2D eigenvalue weighted by molar-refractivity contribution is -0.137. The molecule has 6 heteroatoms. The zero-order valence-electron chi connectivity index (χ0n) is 9.76. The van der Waals surface area contributed by atoms with Gasteiger partial charge in [0, 0.05) is 0 Å². The normalized spacial score (nSPS) is 10.6. The van der Waals surface area contributed by atoms with Crippen LogP contribution >= 0.6 is 11.6 Å². The monoisotopic (exact) mass is 279 g/mol. The van der Waals surface area contributed by atoms with Crippen molar-refractivity contribution in [3.8, 4) is 17.6 Å². The molecule has 0 amide bonds. The summed E-state index contributed by atoms with van der Waals surface area (Å²) >= 11 is 5.66. The Morgan fingerprint density at radius 1 is 1.53 bits per heavy atom. The third kappa shape index (κ3) is 3.76. The standard InChI is InChI=1S/C13H10ClNO4/c1-2-3-19-13(18)9(7-15)4-8-5-10(14)12(17)11(16)6-8/h2,4-6,16-17H,1,3H2/b9-4+. The molecule has 0 unspecified atom stereocenters. The number of hydrogen-bond donors (Lipinski definition) is 2. The number of ether oxygens (including phenoxy) is 1. The van der Waals surface area contributed by atoms with Gasteiger partial charge in [0.05, 0.1) is 5.02 Å². The number of nitriles is 1. The number of carbonyl (C=O) groups excluding carboxylic acids is 1. The highest BCUT2D eigenvalue weighted by molar-refractivity contribution is 6.32. The van der Waals surface area contributed by atoms with E-state index in [4.69, 9.17) is 21.6 Å². The van der Waals surface area contributed by atoms with Crippen LogP contribution in [0.1, 0.15) is 5.56 Å². The maximum Gasteiger partial charge on any atom is 0.349 e. The molecule has 0 aromatic heterocycles. The van der Waals surface area contributed by atoms with Gasteiger partial charge in [-0.15, -0.1) is 0 Å². The van der Waals surface area contributed by atoms with Crippen molar-refractivity contribution in [2.24, 2.45) is 0 Å². The average Bonchev–Trinajstić information content (AvgIpc) is 2.39. The van der Waals surface area contributed by atoms with Crippen molar-refractivity contribution in [3.63, 3.8) is 0 Å². The van der Waals surface area contributed by atoms with Crippen LogP contribution in [0.2, 0.25) is 5.02 Å². The summed E-state index contributed by atoms with van der Waals surface area (Å²) in [6.45, 7) is 3.36. The van der Waals surface area contributed by atoms with Gasteiger partial charge in [-0.2, -0.15) is 5.26 Å². The molecule has 0 saturated heterocycles. The molecule has 0 heterocycles. The summed E-state index contributed by atoms with van der Waals surface area (Å²) in [5.41, 5.74) is 0.0235. The Kier molecular flexibility index (Phi) is 4.98. The Balaban J connectivity index is 3.08. The van der Waals surface area contributed by atoms with E-state index < -0.39 is 17.5 Å². The number of rotatable bonds is 4. The summed E-state index contributed by atoms with van der Waals surface area (Å²) < 4.78 is 4.71. The Morgan fingerprint density at radius 3 is 2.74 bits per heavy atom. The second-order valence-electron chi connectivity index (χ2n) is 3.43. The van der Waals surface area contributed by atoms with Gasteiger partial charge in [0.1, 0.15) is 18.2 Å². The molecule has 2 N–H and O–H groups in total. The summed E-state index contributed by atoms with van der Waals surface area (Å²) in [6, 6.07) is 4.14. The molecule has 0 spiro atoms. The zero-order valence-corrected chi connectivity index (χ0v) is 10.5. The molecule has 98 valence electrons. The molecule has 1 rings (SSSR count). The van der Waals surface area contributed by atoms with Gasteiger partial charge in [0.2, 0.25) is 0 Å². The van der Waals surface area contributed by atoms with E-state index >= 15 is 0 Å². The van der Waals surface area contributed by atoms with Crippen molar-refractivity contribution >= 4 is 23.6 Å². The van der Waals surface area contributed by atoms with E-state index in [1.165, 1.54) is 24.3 Å². The van der Waals surface area contributed by atoms with Gasteiger partial charge in [0.15, 0.2) is 11.5 Å². The van der Waals surface area contributed by atoms with Crippen LogP contribution in [0.3, 0.4) is 0 Å². The van der Waals surface area contributed by atoms with Crippen molar-refractivity contribution in [3.05, 3.63) is 40.9 Å². The van der Waals surface area contributed by atoms with Gasteiger partial charge in [-0.25, -0.2) is 4.79 Å². The lowest BCUT2D eigenvalue weighted by Crippen LogP contribution is -2.06. The van der Waals surface area contributed by atoms with Crippen LogP contribution in [-0.2, 0) is 9.53 Å². The van der Waals surface area contributed by atoms with Crippen molar-refractivity contribution in [2.75, 3.05) is 6.61 Å². The number of phenols is 2. The predicted octanol–water partition coefficient (Wildman–Crippen LogP) is 2.39. The van der Waals surface area contributed by atoms with E-state index in [0.717, 1.165) is 0 Å². The Morgan fingerprint density at radius 2 is 2.21 bits per heavy atom. The quantitative estimate of drug-likeness (QED) is 0.290. The molecule has 0 bridgehead atoms. The Labute approximate surface area is 114 Å². The first-order valence-corrected chi connectivity index (χ1v) is 5.48. The van der Waals surface area contributed by atoms with E-state index in [2.05, 4.69) is 6.58 Å². The number of halogens is 1. The van der Waals surface area contributed by atoms with E-state index in [-0.39, 0.29) is 22.8 Å². The number of aromatic hydroxyl groups is 2. The van der Waals surface area contributed by atoms with Crippen LogP contribution in [0, 0.1) is 11.3 Å². The van der Waals surface area contributed by atoms with Gasteiger partial charge in [-0.1, -0.05) is 24.3 Å². The summed E-state index contributed by atoms with van der Waals surface area (Å²) in [7, 11) is 0. The number of carbonyl (C=O) groups is 1. The van der Waals surface area contributed by atoms with Crippen LogP contribution in [0.4, 0.5) is 0 Å². The van der Waals surface area contributed by atoms with E-state index in [1.54, 1.807) is 6.07 Å². The van der Waals surface area contributed by atoms with Crippen LogP contribution < -0.4 is 0 Å². The average molecular weight is 280 g/mol. The molecule has 0 aliphatic carbocycles. The molecule has 1 aromatic rings. The molecular weight excluding hydrogens is 270 g/mol. The third-order valence-corrected chi connectivity index (χ3v) is 2.34. The highest BCUT2D eigenvalue weighted by Gasteiger charge is 2.12. The van der Waals surface area contributed by atoms with Crippen LogP contribution in [-0.4, -0.2) is 22.8 Å². The molecular formula is C13H10ClNO4. The first-order valence-electron chi connectivity index (χ1n) is 5.11. The maximum atomic E-state index is 11.5. The lowest BCUT2D eigenvalue weighted by atomic mass is 10.1. The summed E-state index contributed by atoms with van der Waals surface area (Å²) in [5, 5.41) is 27.4. The van der Waals surface area contributed by atoms with Crippen molar-refractivity contribution in [1.82, 2.24) is 0 Å². The van der Waals surface area contributed by atoms with Crippen LogP contribution in [0.5, 0.6) is 11.5 Å². The summed E-state index contributed by atoms with van der Waals surface area (Å²) in [5.74, 6) is -1.73. The van der Waals surface area contributed by atoms with Crippen molar-refractivity contribution in [1.29, 1.82) is 5.26 Å². The lowest BCUT2D eigenvalue weighted by Gasteiger charge is -2.03. The molecule has 19 heavy (non-hydrogen) atoms. The SMILES string of the molecule is C=CCOC(=O)/C(C#N)=C/c1cc(O)c(O)c(Cl)c1. The zero-order chi connectivity index (χ0) is 14.4. The fraction of sp³-hybridized carbons (Fsp3) is 0.0769. The summed E-state index contributed by atoms with van der Waals surface area (Å²) in [6.07, 6.45) is 2.56. The molecule has 5 nitrogen and oxygen atoms in total. The van der Waals surface area contributed by atoms with Gasteiger partial charge in [0.25, 0.3) is 0 Å². The first-order chi connectivity index (χ1) is 8.99. The molecule has 0 fully saturated rings. The van der Waals surface area contributed by atoms with Gasteiger partial charge < -0.3 is 14.9 Å². The van der Waals surface area contributed by atoms with Crippen LogP contribution in [0.15, 0.2) is 30.4 Å². The summed E-state index contributed by atoms with van der Waals surface area (Å²) in [4.78, 5) is 11.5. The minimum Gasteiger partial charge on any atom is -0.504 e. The van der Waals surface area contributed by atoms with E-state index in [1.807, 2.05) is 0 Å². The highest BCUT2D eigenvalue weighted by atomic mass is 35.5. The Bertz CT molecular complexity index is 564. The second kappa shape index (κ2) is 6.47. The van der Waals surface area contributed by atoms with Gasteiger partial charge in [-0.05, 0) is 23.8 Å². The smallest absolute Gasteiger partial charge is 0.349 e. The third-order valence-electron chi connectivity index (χ3n) is 2.05. The molecule has 1 aromatic carbocycles. The number of nitrogens with zero attached hydrogens (tertiary/aromatic N) is 1. The fourth-order valence-electron chi connectivity index (χ4n) is 1.20. The van der Waals surface area contributed by atoms with Crippen molar-refractivity contribution < 1.29 is 19.7 Å². The van der Waals surface area contributed by atoms with E-state index in [0.29, 0.717) is 0 Å². The fourth-order valence-corrected chi connectivity index (χ4v) is 1.43. The number of esters is 1. The number of phenolic OH excluding ortho intramolecular Hbond substituents is 2. The molecule has 0 radical (unpaired) electrons. The van der Waals surface area contributed by atoms with Gasteiger partial charge in [-0.3, -0.25) is 0 Å². The predicted molar refractivity (Wildman–Crippen MR) is 69.5 cm³/mol. The molecule has 0 atom stereocenters. The first kappa shape index (κ1) is 14.6. The molecule has 0 aliphatic rings. The Hall–Kier alpha value is -2.45. The minimum absolute atomic E-state index is 0.0144. The van der Waals surface area contributed by atoms with Crippen molar-refractivity contribution in [2.45, 2.75) is 0 Å².